The first-order valence-corrected chi connectivity index (χ1v) is 9.84. The summed E-state index contributed by atoms with van der Waals surface area (Å²) in [5.41, 5.74) is 0. The monoisotopic (exact) mass is 361 g/mol. The van der Waals surface area contributed by atoms with E-state index in [1.807, 2.05) is 11.8 Å². The zero-order valence-corrected chi connectivity index (χ0v) is 16.3. The molecule has 7 heteroatoms. The first-order valence-electron chi connectivity index (χ1n) is 9.84. The van der Waals surface area contributed by atoms with E-state index >= 15 is 0 Å². The van der Waals surface area contributed by atoms with Gasteiger partial charge in [0, 0.05) is 51.3 Å². The Kier molecular flexibility index (Phi) is 6.29. The number of amides is 1. The van der Waals surface area contributed by atoms with Gasteiger partial charge >= 0.3 is 0 Å². The van der Waals surface area contributed by atoms with Crippen LogP contribution in [0.2, 0.25) is 0 Å². The second-order valence-electron chi connectivity index (χ2n) is 7.06. The quantitative estimate of drug-likeness (QED) is 0.796. The SMILES string of the molecule is CCC(CC)C(=O)N1CCN(c2cc(N3CCOCC3)nc(C)n2)CC1. The van der Waals surface area contributed by atoms with E-state index in [0.29, 0.717) is 5.91 Å². The summed E-state index contributed by atoms with van der Waals surface area (Å²) in [6.07, 6.45) is 1.84. The Balaban J connectivity index is 1.65. The van der Waals surface area contributed by atoms with Gasteiger partial charge in [0.1, 0.15) is 17.5 Å². The molecule has 2 saturated heterocycles. The molecule has 0 spiro atoms. The molecule has 1 aromatic rings. The lowest BCUT2D eigenvalue weighted by Gasteiger charge is -2.37. The molecule has 3 heterocycles. The number of hydrogen-bond donors (Lipinski definition) is 0. The molecule has 0 bridgehead atoms. The summed E-state index contributed by atoms with van der Waals surface area (Å²) in [5, 5.41) is 0. The van der Waals surface area contributed by atoms with Gasteiger partial charge in [0.2, 0.25) is 5.91 Å². The number of carbonyl (C=O) groups is 1. The van der Waals surface area contributed by atoms with E-state index in [9.17, 15) is 4.79 Å². The fourth-order valence-corrected chi connectivity index (χ4v) is 3.71. The number of hydrogen-bond acceptors (Lipinski definition) is 6. The smallest absolute Gasteiger partial charge is 0.225 e. The molecular weight excluding hydrogens is 330 g/mol. The number of ether oxygens (including phenoxy) is 1. The lowest BCUT2D eigenvalue weighted by atomic mass is 10.0. The second kappa shape index (κ2) is 8.66. The van der Waals surface area contributed by atoms with E-state index in [0.717, 1.165) is 82.8 Å². The van der Waals surface area contributed by atoms with Crippen LogP contribution in [0.5, 0.6) is 0 Å². The number of piperazine rings is 1. The Bertz CT molecular complexity index is 606. The molecule has 0 aromatic carbocycles. The summed E-state index contributed by atoms with van der Waals surface area (Å²) in [5.74, 6) is 3.21. The molecule has 0 saturated carbocycles. The Morgan fingerprint density at radius 1 is 1.00 bits per heavy atom. The van der Waals surface area contributed by atoms with Gasteiger partial charge in [-0.15, -0.1) is 0 Å². The lowest BCUT2D eigenvalue weighted by molar-refractivity contribution is -0.136. The maximum absolute atomic E-state index is 12.6. The first-order chi connectivity index (χ1) is 12.6. The second-order valence-corrected chi connectivity index (χ2v) is 7.06. The summed E-state index contributed by atoms with van der Waals surface area (Å²) in [4.78, 5) is 28.4. The van der Waals surface area contributed by atoms with Crippen molar-refractivity contribution >= 4 is 17.5 Å². The fraction of sp³-hybridized carbons (Fsp3) is 0.737. The number of morpholine rings is 1. The normalized spacial score (nSPS) is 18.5. The van der Waals surface area contributed by atoms with Gasteiger partial charge in [-0.1, -0.05) is 13.8 Å². The molecule has 2 aliphatic rings. The predicted molar refractivity (Wildman–Crippen MR) is 103 cm³/mol. The Hall–Kier alpha value is -1.89. The van der Waals surface area contributed by atoms with Crippen LogP contribution in [0.25, 0.3) is 0 Å². The van der Waals surface area contributed by atoms with Crippen LogP contribution >= 0.6 is 0 Å². The number of aryl methyl sites for hydroxylation is 1. The molecule has 2 aliphatic heterocycles. The van der Waals surface area contributed by atoms with Crippen molar-refractivity contribution in [3.05, 3.63) is 11.9 Å². The molecule has 1 amide bonds. The van der Waals surface area contributed by atoms with Crippen molar-refractivity contribution in [2.75, 3.05) is 62.3 Å². The zero-order valence-electron chi connectivity index (χ0n) is 16.3. The maximum atomic E-state index is 12.6. The van der Waals surface area contributed by atoms with Crippen molar-refractivity contribution in [1.82, 2.24) is 14.9 Å². The highest BCUT2D eigenvalue weighted by molar-refractivity contribution is 5.79. The Labute approximate surface area is 156 Å². The molecule has 0 unspecified atom stereocenters. The predicted octanol–water partition coefficient (Wildman–Crippen LogP) is 1.71. The minimum Gasteiger partial charge on any atom is -0.378 e. The molecule has 1 aromatic heterocycles. The third kappa shape index (κ3) is 4.26. The van der Waals surface area contributed by atoms with Crippen molar-refractivity contribution in [2.45, 2.75) is 33.6 Å². The number of anilines is 2. The number of rotatable bonds is 5. The van der Waals surface area contributed by atoms with Crippen molar-refractivity contribution in [2.24, 2.45) is 5.92 Å². The molecule has 144 valence electrons. The van der Waals surface area contributed by atoms with Gasteiger partial charge in [0.25, 0.3) is 0 Å². The van der Waals surface area contributed by atoms with Gasteiger partial charge < -0.3 is 19.4 Å². The lowest BCUT2D eigenvalue weighted by Crippen LogP contribution is -2.50. The van der Waals surface area contributed by atoms with Gasteiger partial charge in [-0.2, -0.15) is 0 Å². The third-order valence-electron chi connectivity index (χ3n) is 5.40. The number of aromatic nitrogens is 2. The molecule has 0 aliphatic carbocycles. The van der Waals surface area contributed by atoms with Crippen molar-refractivity contribution in [3.8, 4) is 0 Å². The average Bonchev–Trinajstić information content (AvgIpc) is 2.69. The third-order valence-corrected chi connectivity index (χ3v) is 5.40. The van der Waals surface area contributed by atoms with Crippen LogP contribution < -0.4 is 9.80 Å². The molecule has 2 fully saturated rings. The summed E-state index contributed by atoms with van der Waals surface area (Å²) in [6.45, 7) is 12.6. The molecule has 0 radical (unpaired) electrons. The topological polar surface area (TPSA) is 61.8 Å². The largest absolute Gasteiger partial charge is 0.378 e. The van der Waals surface area contributed by atoms with E-state index in [4.69, 9.17) is 4.74 Å². The molecule has 26 heavy (non-hydrogen) atoms. The Morgan fingerprint density at radius 3 is 2.08 bits per heavy atom. The zero-order chi connectivity index (χ0) is 18.5. The summed E-state index contributed by atoms with van der Waals surface area (Å²) in [6, 6.07) is 2.08. The van der Waals surface area contributed by atoms with E-state index in [-0.39, 0.29) is 5.92 Å². The fourth-order valence-electron chi connectivity index (χ4n) is 3.71. The summed E-state index contributed by atoms with van der Waals surface area (Å²) in [7, 11) is 0. The number of carbonyl (C=O) groups excluding carboxylic acids is 1. The molecule has 0 N–H and O–H groups in total. The summed E-state index contributed by atoms with van der Waals surface area (Å²) >= 11 is 0. The highest BCUT2D eigenvalue weighted by Crippen LogP contribution is 2.22. The van der Waals surface area contributed by atoms with Crippen LogP contribution in [0.1, 0.15) is 32.5 Å². The van der Waals surface area contributed by atoms with Crippen LogP contribution in [0.3, 0.4) is 0 Å². The van der Waals surface area contributed by atoms with Crippen molar-refractivity contribution in [1.29, 1.82) is 0 Å². The van der Waals surface area contributed by atoms with Crippen LogP contribution in [-0.4, -0.2) is 73.3 Å². The van der Waals surface area contributed by atoms with Crippen LogP contribution in [-0.2, 0) is 9.53 Å². The number of nitrogens with zero attached hydrogens (tertiary/aromatic N) is 5. The van der Waals surface area contributed by atoms with Crippen LogP contribution in [0.15, 0.2) is 6.07 Å². The minimum atomic E-state index is 0.163. The summed E-state index contributed by atoms with van der Waals surface area (Å²) < 4.78 is 5.44. The van der Waals surface area contributed by atoms with Gasteiger partial charge in [-0.25, -0.2) is 9.97 Å². The van der Waals surface area contributed by atoms with E-state index < -0.39 is 0 Å². The minimum absolute atomic E-state index is 0.163. The highest BCUT2D eigenvalue weighted by Gasteiger charge is 2.26. The van der Waals surface area contributed by atoms with Gasteiger partial charge in [-0.3, -0.25) is 4.79 Å². The van der Waals surface area contributed by atoms with Gasteiger partial charge in [0.15, 0.2) is 0 Å². The molecule has 0 atom stereocenters. The van der Waals surface area contributed by atoms with Gasteiger partial charge in [-0.05, 0) is 19.8 Å². The van der Waals surface area contributed by atoms with E-state index in [1.165, 1.54) is 0 Å². The average molecular weight is 361 g/mol. The van der Waals surface area contributed by atoms with E-state index in [1.54, 1.807) is 0 Å². The van der Waals surface area contributed by atoms with Gasteiger partial charge in [0.05, 0.1) is 13.2 Å². The Morgan fingerprint density at radius 2 is 1.54 bits per heavy atom. The standard InChI is InChI=1S/C19H31N5O2/c1-4-16(5-2)19(25)24-8-6-22(7-9-24)17-14-18(21-15(3)20-17)23-10-12-26-13-11-23/h14,16H,4-13H2,1-3H3. The molecule has 7 nitrogen and oxygen atoms in total. The van der Waals surface area contributed by atoms with E-state index in [2.05, 4.69) is 39.7 Å². The van der Waals surface area contributed by atoms with Crippen molar-refractivity contribution in [3.63, 3.8) is 0 Å². The molecule has 3 rings (SSSR count). The van der Waals surface area contributed by atoms with Crippen LogP contribution in [0, 0.1) is 12.8 Å². The first kappa shape index (κ1) is 18.9. The molecular formula is C19H31N5O2. The maximum Gasteiger partial charge on any atom is 0.225 e. The van der Waals surface area contributed by atoms with Crippen LogP contribution in [0.4, 0.5) is 11.6 Å². The highest BCUT2D eigenvalue weighted by atomic mass is 16.5. The van der Waals surface area contributed by atoms with Crippen molar-refractivity contribution < 1.29 is 9.53 Å².